The molecule has 32 heavy (non-hydrogen) atoms. The molecule has 10 heteroatoms. The van der Waals surface area contributed by atoms with Crippen LogP contribution in [-0.2, 0) is 14.3 Å². The van der Waals surface area contributed by atoms with Gasteiger partial charge in [-0.05, 0) is 23.8 Å². The first-order valence-corrected chi connectivity index (χ1v) is 9.94. The summed E-state index contributed by atoms with van der Waals surface area (Å²) in [6.07, 6.45) is -5.72. The number of nitrogens with one attached hydrogen (secondary N) is 2. The number of ether oxygens (including phenoxy) is 3. The lowest BCUT2D eigenvalue weighted by Gasteiger charge is -2.42. The first-order valence-electron chi connectivity index (χ1n) is 9.94. The van der Waals surface area contributed by atoms with Crippen molar-refractivity contribution in [2.45, 2.75) is 37.6 Å². The Hall–Kier alpha value is -3.18. The predicted octanol–water partition coefficient (Wildman–Crippen LogP) is 0.854. The summed E-state index contributed by atoms with van der Waals surface area (Å²) in [6.45, 7) is 0.718. The topological polar surface area (TPSA) is 147 Å². The predicted molar refractivity (Wildman–Crippen MR) is 114 cm³/mol. The van der Waals surface area contributed by atoms with Crippen LogP contribution < -0.4 is 15.4 Å². The summed E-state index contributed by atoms with van der Waals surface area (Å²) in [6, 6.07) is 12.9. The molecule has 5 unspecified atom stereocenters. The molecular weight excluding hydrogens is 420 g/mol. The second kappa shape index (κ2) is 10.4. The molecule has 10 nitrogen and oxygen atoms in total. The minimum atomic E-state index is -1.42. The van der Waals surface area contributed by atoms with E-state index >= 15 is 0 Å². The number of rotatable bonds is 6. The van der Waals surface area contributed by atoms with Crippen LogP contribution in [0, 0.1) is 0 Å². The van der Waals surface area contributed by atoms with Crippen molar-refractivity contribution in [3.63, 3.8) is 0 Å². The zero-order valence-electron chi connectivity index (χ0n) is 17.6. The molecule has 2 aromatic rings. The highest BCUT2D eigenvalue weighted by atomic mass is 16.7. The fourth-order valence-corrected chi connectivity index (χ4v) is 3.44. The number of carbonyl (C=O) groups is 2. The molecule has 0 aliphatic carbocycles. The van der Waals surface area contributed by atoms with Gasteiger partial charge in [-0.3, -0.25) is 10.1 Å². The highest BCUT2D eigenvalue weighted by molar-refractivity contribution is 5.86. The number of carbonyl (C=O) groups excluding carboxylic acids is 2. The Kier molecular flexibility index (Phi) is 7.65. The lowest BCUT2D eigenvalue weighted by Crippen LogP contribution is -2.65. The molecule has 0 bridgehead atoms. The molecule has 5 N–H and O–H groups in total. The number of hydrogen-bond acceptors (Lipinski definition) is 8. The number of aliphatic hydroxyl groups is 3. The molecule has 1 heterocycles. The molecule has 0 spiro atoms. The first kappa shape index (κ1) is 23.5. The smallest absolute Gasteiger partial charge is 0.411 e. The molecule has 0 saturated carbocycles. The summed E-state index contributed by atoms with van der Waals surface area (Å²) in [5.41, 5.74) is 1.86. The monoisotopic (exact) mass is 446 g/mol. The number of anilines is 1. The summed E-state index contributed by atoms with van der Waals surface area (Å²) in [4.78, 5) is 23.2. The van der Waals surface area contributed by atoms with Crippen molar-refractivity contribution >= 4 is 17.7 Å². The molecule has 2 amide bonds. The van der Waals surface area contributed by atoms with Gasteiger partial charge in [0.15, 0.2) is 0 Å². The van der Waals surface area contributed by atoms with Crippen molar-refractivity contribution in [2.24, 2.45) is 0 Å². The third-order valence-corrected chi connectivity index (χ3v) is 4.99. The van der Waals surface area contributed by atoms with Gasteiger partial charge in [-0.1, -0.05) is 30.3 Å². The minimum Gasteiger partial charge on any atom is -0.462 e. The molecular formula is C22H26N2O8. The van der Waals surface area contributed by atoms with Crippen molar-refractivity contribution in [3.05, 3.63) is 48.5 Å². The third-order valence-electron chi connectivity index (χ3n) is 4.99. The average Bonchev–Trinajstić information content (AvgIpc) is 2.78. The highest BCUT2D eigenvalue weighted by Gasteiger charge is 2.46. The van der Waals surface area contributed by atoms with Crippen LogP contribution in [0.25, 0.3) is 11.1 Å². The second-order valence-electron chi connectivity index (χ2n) is 7.24. The average molecular weight is 446 g/mol. The maximum absolute atomic E-state index is 11.6. The first-order chi connectivity index (χ1) is 15.3. The van der Waals surface area contributed by atoms with E-state index in [1.165, 1.54) is 14.0 Å². The maximum atomic E-state index is 11.6. The largest absolute Gasteiger partial charge is 0.462 e. The summed E-state index contributed by atoms with van der Waals surface area (Å²) in [5, 5.41) is 35.3. The Labute approximate surface area is 184 Å². The van der Waals surface area contributed by atoms with Gasteiger partial charge in [-0.25, -0.2) is 4.79 Å². The van der Waals surface area contributed by atoms with Gasteiger partial charge in [0.1, 0.15) is 30.1 Å². The van der Waals surface area contributed by atoms with Crippen LogP contribution in [0.4, 0.5) is 10.5 Å². The van der Waals surface area contributed by atoms with Gasteiger partial charge in [0.05, 0.1) is 13.7 Å². The van der Waals surface area contributed by atoms with Gasteiger partial charge >= 0.3 is 6.09 Å². The standard InChI is InChI=1S/C22H26N2O8/c1-12(26)23-18-20(28)19(27)17(11-25)32-21(18)31-16-9-4-3-8-15(16)13-6-5-7-14(10-13)24-22(29)30-2/h3-10,17-21,25,27-28H,11H2,1-2H3,(H,23,26)(H,24,29). The molecule has 0 aromatic heterocycles. The number of para-hydroxylation sites is 1. The fraction of sp³-hybridized carbons (Fsp3) is 0.364. The van der Waals surface area contributed by atoms with Crippen LogP contribution in [-0.4, -0.2) is 71.7 Å². The van der Waals surface area contributed by atoms with Gasteiger partial charge in [0.25, 0.3) is 0 Å². The van der Waals surface area contributed by atoms with E-state index in [2.05, 4.69) is 15.4 Å². The summed E-state index contributed by atoms with van der Waals surface area (Å²) < 4.78 is 16.3. The highest BCUT2D eigenvalue weighted by Crippen LogP contribution is 2.34. The molecule has 1 fully saturated rings. The summed E-state index contributed by atoms with van der Waals surface area (Å²) >= 11 is 0. The number of methoxy groups -OCH3 is 1. The van der Waals surface area contributed by atoms with Crippen LogP contribution in [0.1, 0.15) is 6.92 Å². The van der Waals surface area contributed by atoms with Gasteiger partial charge in [-0.2, -0.15) is 0 Å². The molecule has 5 atom stereocenters. The van der Waals surface area contributed by atoms with Crippen molar-refractivity contribution in [3.8, 4) is 16.9 Å². The van der Waals surface area contributed by atoms with Crippen LogP contribution in [0.5, 0.6) is 5.75 Å². The van der Waals surface area contributed by atoms with E-state index in [9.17, 15) is 24.9 Å². The Balaban J connectivity index is 1.91. The Morgan fingerprint density at radius 3 is 2.53 bits per heavy atom. The molecule has 1 saturated heterocycles. The quantitative estimate of drug-likeness (QED) is 0.439. The van der Waals surface area contributed by atoms with Crippen LogP contribution >= 0.6 is 0 Å². The fourth-order valence-electron chi connectivity index (χ4n) is 3.44. The minimum absolute atomic E-state index is 0.364. The zero-order valence-corrected chi connectivity index (χ0v) is 17.6. The molecule has 3 rings (SSSR count). The van der Waals surface area contributed by atoms with E-state index in [1.807, 2.05) is 6.07 Å². The van der Waals surface area contributed by atoms with E-state index in [0.717, 1.165) is 0 Å². The summed E-state index contributed by atoms with van der Waals surface area (Å²) in [5.74, 6) is -0.0841. The number of benzene rings is 2. The van der Waals surface area contributed by atoms with Crippen LogP contribution in [0.3, 0.4) is 0 Å². The van der Waals surface area contributed by atoms with Gasteiger partial charge in [0, 0.05) is 18.2 Å². The normalized spacial score (nSPS) is 25.0. The van der Waals surface area contributed by atoms with Crippen molar-refractivity contribution in [2.75, 3.05) is 19.0 Å². The van der Waals surface area contributed by atoms with Gasteiger partial charge < -0.3 is 34.8 Å². The molecule has 1 aliphatic heterocycles. The number of amides is 2. The lowest BCUT2D eigenvalue weighted by atomic mass is 9.96. The Morgan fingerprint density at radius 1 is 1.09 bits per heavy atom. The van der Waals surface area contributed by atoms with Crippen molar-refractivity contribution in [1.29, 1.82) is 0 Å². The SMILES string of the molecule is COC(=O)Nc1cccc(-c2ccccc2OC2OC(CO)C(O)C(O)C2NC(C)=O)c1. The second-order valence-corrected chi connectivity index (χ2v) is 7.24. The number of aliphatic hydroxyl groups excluding tert-OH is 3. The lowest BCUT2D eigenvalue weighted by molar-refractivity contribution is -0.244. The number of hydrogen-bond donors (Lipinski definition) is 5. The Bertz CT molecular complexity index is 953. The van der Waals surface area contributed by atoms with Crippen LogP contribution in [0.15, 0.2) is 48.5 Å². The summed E-state index contributed by atoms with van der Waals surface area (Å²) in [7, 11) is 1.27. The van der Waals surface area contributed by atoms with E-state index < -0.39 is 49.3 Å². The molecule has 0 radical (unpaired) electrons. The van der Waals surface area contributed by atoms with Crippen molar-refractivity contribution < 1.29 is 39.1 Å². The Morgan fingerprint density at radius 2 is 1.84 bits per heavy atom. The molecule has 172 valence electrons. The maximum Gasteiger partial charge on any atom is 0.411 e. The molecule has 1 aliphatic rings. The molecule has 2 aromatic carbocycles. The van der Waals surface area contributed by atoms with E-state index in [0.29, 0.717) is 22.6 Å². The van der Waals surface area contributed by atoms with Crippen molar-refractivity contribution in [1.82, 2.24) is 5.32 Å². The van der Waals surface area contributed by atoms with Crippen LogP contribution in [0.2, 0.25) is 0 Å². The van der Waals surface area contributed by atoms with E-state index in [-0.39, 0.29) is 0 Å². The van der Waals surface area contributed by atoms with E-state index in [1.54, 1.807) is 42.5 Å². The zero-order chi connectivity index (χ0) is 23.3. The van der Waals surface area contributed by atoms with Gasteiger partial charge in [0.2, 0.25) is 12.2 Å². The van der Waals surface area contributed by atoms with E-state index in [4.69, 9.17) is 9.47 Å². The van der Waals surface area contributed by atoms with Gasteiger partial charge in [-0.15, -0.1) is 0 Å². The third kappa shape index (κ3) is 5.35.